The summed E-state index contributed by atoms with van der Waals surface area (Å²) in [7, 11) is 0. The summed E-state index contributed by atoms with van der Waals surface area (Å²) in [5.41, 5.74) is 0.603. The molecular weight excluding hydrogens is 298 g/mol. The zero-order valence-corrected chi connectivity index (χ0v) is 12.7. The van der Waals surface area contributed by atoms with Crippen molar-refractivity contribution in [3.63, 3.8) is 0 Å². The largest absolute Gasteiger partial charge is 0.380 e. The van der Waals surface area contributed by atoms with Gasteiger partial charge in [-0.1, -0.05) is 6.92 Å². The van der Waals surface area contributed by atoms with Crippen molar-refractivity contribution in [2.45, 2.75) is 39.8 Å². The summed E-state index contributed by atoms with van der Waals surface area (Å²) in [5, 5.41) is 7.24. The summed E-state index contributed by atoms with van der Waals surface area (Å²) < 4.78 is 7.40. The summed E-state index contributed by atoms with van der Waals surface area (Å²) in [6.07, 6.45) is 2.76. The van der Waals surface area contributed by atoms with Gasteiger partial charge in [-0.2, -0.15) is 5.10 Å². The Morgan fingerprint density at radius 2 is 2.28 bits per heavy atom. The number of nitrogens with one attached hydrogen (secondary N) is 1. The van der Waals surface area contributed by atoms with Gasteiger partial charge in [0.15, 0.2) is 0 Å². The predicted molar refractivity (Wildman–Crippen MR) is 76.1 cm³/mol. The third-order valence-corrected chi connectivity index (χ3v) is 3.06. The van der Waals surface area contributed by atoms with E-state index in [1.807, 2.05) is 20.8 Å². The first-order valence-electron chi connectivity index (χ1n) is 6.17. The number of hydrogen-bond donors (Lipinski definition) is 1. The van der Waals surface area contributed by atoms with Crippen LogP contribution < -0.4 is 10.9 Å². The Morgan fingerprint density at radius 1 is 1.56 bits per heavy atom. The molecule has 18 heavy (non-hydrogen) atoms. The van der Waals surface area contributed by atoms with Gasteiger partial charge in [0, 0.05) is 13.1 Å². The highest BCUT2D eigenvalue weighted by Crippen LogP contribution is 2.15. The molecule has 0 atom stereocenters. The van der Waals surface area contributed by atoms with Crippen molar-refractivity contribution in [3.8, 4) is 0 Å². The minimum atomic E-state index is -0.105. The van der Waals surface area contributed by atoms with Crippen LogP contribution in [0.2, 0.25) is 0 Å². The number of rotatable bonds is 7. The number of hydrogen-bond acceptors (Lipinski definition) is 4. The Bertz CT molecular complexity index is 432. The summed E-state index contributed by atoms with van der Waals surface area (Å²) in [6, 6.07) is 0. The Morgan fingerprint density at radius 3 is 2.89 bits per heavy atom. The van der Waals surface area contributed by atoms with Gasteiger partial charge in [-0.25, -0.2) is 4.68 Å². The monoisotopic (exact) mass is 317 g/mol. The Labute approximate surface area is 116 Å². The molecule has 0 aromatic carbocycles. The van der Waals surface area contributed by atoms with Crippen LogP contribution in [0.15, 0.2) is 15.5 Å². The van der Waals surface area contributed by atoms with E-state index in [1.165, 1.54) is 4.68 Å². The fourth-order valence-electron chi connectivity index (χ4n) is 1.44. The van der Waals surface area contributed by atoms with E-state index >= 15 is 0 Å². The van der Waals surface area contributed by atoms with E-state index in [9.17, 15) is 4.79 Å². The van der Waals surface area contributed by atoms with Gasteiger partial charge in [0.1, 0.15) is 4.47 Å². The number of aryl methyl sites for hydroxylation is 1. The Balaban J connectivity index is 2.62. The molecule has 1 heterocycles. The number of nitrogens with zero attached hydrogens (tertiary/aromatic N) is 2. The van der Waals surface area contributed by atoms with Gasteiger partial charge in [0.25, 0.3) is 5.56 Å². The van der Waals surface area contributed by atoms with Gasteiger partial charge in [0.05, 0.1) is 24.6 Å². The zero-order valence-electron chi connectivity index (χ0n) is 11.1. The molecule has 0 aliphatic heterocycles. The minimum Gasteiger partial charge on any atom is -0.380 e. The molecule has 0 saturated carbocycles. The molecule has 1 aromatic rings. The first-order valence-corrected chi connectivity index (χ1v) is 6.96. The standard InChI is InChI=1S/C12H20BrN3O2/c1-4-6-16-12(17)11(13)10(8-15-16)14-5-7-18-9(2)3/h8-9,14H,4-7H2,1-3H3. The van der Waals surface area contributed by atoms with E-state index in [-0.39, 0.29) is 11.7 Å². The Hall–Kier alpha value is -0.880. The third-order valence-electron chi connectivity index (χ3n) is 2.29. The summed E-state index contributed by atoms with van der Waals surface area (Å²) >= 11 is 3.31. The van der Waals surface area contributed by atoms with E-state index in [2.05, 4.69) is 26.3 Å². The second-order valence-corrected chi connectivity index (χ2v) is 5.04. The molecule has 0 radical (unpaired) electrons. The van der Waals surface area contributed by atoms with Crippen LogP contribution in [0.3, 0.4) is 0 Å². The molecule has 0 aliphatic carbocycles. The first kappa shape index (κ1) is 15.2. The topological polar surface area (TPSA) is 56.1 Å². The third kappa shape index (κ3) is 4.42. The molecule has 0 aliphatic rings. The molecule has 1 N–H and O–H groups in total. The lowest BCUT2D eigenvalue weighted by Crippen LogP contribution is -2.25. The quantitative estimate of drug-likeness (QED) is 0.784. The van der Waals surface area contributed by atoms with E-state index in [4.69, 9.17) is 4.74 Å². The normalized spacial score (nSPS) is 10.9. The molecule has 5 nitrogen and oxygen atoms in total. The van der Waals surface area contributed by atoms with E-state index in [0.29, 0.717) is 29.9 Å². The zero-order chi connectivity index (χ0) is 13.5. The van der Waals surface area contributed by atoms with E-state index in [0.717, 1.165) is 6.42 Å². The molecule has 6 heteroatoms. The Kier molecular flexibility index (Phi) is 6.35. The highest BCUT2D eigenvalue weighted by Gasteiger charge is 2.07. The van der Waals surface area contributed by atoms with Crippen molar-refractivity contribution in [2.24, 2.45) is 0 Å². The average molecular weight is 318 g/mol. The lowest BCUT2D eigenvalue weighted by atomic mass is 10.4. The van der Waals surface area contributed by atoms with Gasteiger partial charge < -0.3 is 10.1 Å². The van der Waals surface area contributed by atoms with E-state index in [1.54, 1.807) is 6.20 Å². The molecule has 0 bridgehead atoms. The van der Waals surface area contributed by atoms with Crippen LogP contribution in [0.5, 0.6) is 0 Å². The SMILES string of the molecule is CCCn1ncc(NCCOC(C)C)c(Br)c1=O. The molecule has 0 fully saturated rings. The molecule has 0 unspecified atom stereocenters. The highest BCUT2D eigenvalue weighted by atomic mass is 79.9. The van der Waals surface area contributed by atoms with Crippen LogP contribution in [-0.2, 0) is 11.3 Å². The maximum atomic E-state index is 11.9. The lowest BCUT2D eigenvalue weighted by Gasteiger charge is -2.11. The van der Waals surface area contributed by atoms with Crippen molar-refractivity contribution in [2.75, 3.05) is 18.5 Å². The van der Waals surface area contributed by atoms with Crippen LogP contribution in [0.4, 0.5) is 5.69 Å². The maximum absolute atomic E-state index is 11.9. The molecule has 0 amide bonds. The minimum absolute atomic E-state index is 0.105. The second-order valence-electron chi connectivity index (χ2n) is 4.25. The predicted octanol–water partition coefficient (Wildman–Crippen LogP) is 2.25. The van der Waals surface area contributed by atoms with E-state index < -0.39 is 0 Å². The highest BCUT2D eigenvalue weighted by molar-refractivity contribution is 9.10. The van der Waals surface area contributed by atoms with Crippen molar-refractivity contribution in [1.29, 1.82) is 0 Å². The van der Waals surface area contributed by atoms with Crippen molar-refractivity contribution in [1.82, 2.24) is 9.78 Å². The van der Waals surface area contributed by atoms with Crippen molar-refractivity contribution < 1.29 is 4.74 Å². The fraction of sp³-hybridized carbons (Fsp3) is 0.667. The van der Waals surface area contributed by atoms with Crippen LogP contribution in [0.25, 0.3) is 0 Å². The van der Waals surface area contributed by atoms with Gasteiger partial charge >= 0.3 is 0 Å². The molecule has 1 rings (SSSR count). The lowest BCUT2D eigenvalue weighted by molar-refractivity contribution is 0.0870. The smallest absolute Gasteiger partial charge is 0.283 e. The van der Waals surface area contributed by atoms with Crippen LogP contribution in [0.1, 0.15) is 27.2 Å². The van der Waals surface area contributed by atoms with Crippen molar-refractivity contribution >= 4 is 21.6 Å². The second kappa shape index (κ2) is 7.53. The number of ether oxygens (including phenoxy) is 1. The van der Waals surface area contributed by atoms with Crippen LogP contribution >= 0.6 is 15.9 Å². The average Bonchev–Trinajstić information content (AvgIpc) is 2.33. The van der Waals surface area contributed by atoms with Crippen LogP contribution in [0, 0.1) is 0 Å². The first-order chi connectivity index (χ1) is 8.56. The van der Waals surface area contributed by atoms with Gasteiger partial charge in [-0.15, -0.1) is 0 Å². The number of aromatic nitrogens is 2. The van der Waals surface area contributed by atoms with Gasteiger partial charge in [-0.3, -0.25) is 4.79 Å². The maximum Gasteiger partial charge on any atom is 0.283 e. The molecule has 0 saturated heterocycles. The van der Waals surface area contributed by atoms with Gasteiger partial charge in [0.2, 0.25) is 0 Å². The molecule has 102 valence electrons. The summed E-state index contributed by atoms with van der Waals surface area (Å²) in [4.78, 5) is 11.9. The molecule has 0 spiro atoms. The van der Waals surface area contributed by atoms with Crippen molar-refractivity contribution in [3.05, 3.63) is 21.0 Å². The summed E-state index contributed by atoms with van der Waals surface area (Å²) in [6.45, 7) is 7.87. The fourth-order valence-corrected chi connectivity index (χ4v) is 1.89. The number of anilines is 1. The number of halogens is 1. The van der Waals surface area contributed by atoms with Crippen LogP contribution in [-0.4, -0.2) is 29.0 Å². The van der Waals surface area contributed by atoms with Gasteiger partial charge in [-0.05, 0) is 36.2 Å². The summed E-state index contributed by atoms with van der Waals surface area (Å²) in [5.74, 6) is 0. The molecular formula is C12H20BrN3O2. The molecule has 1 aromatic heterocycles.